The zero-order chi connectivity index (χ0) is 17.5. The van der Waals surface area contributed by atoms with Gasteiger partial charge in [-0.1, -0.05) is 24.5 Å². The lowest BCUT2D eigenvalue weighted by atomic mass is 10.0. The summed E-state index contributed by atoms with van der Waals surface area (Å²) in [6.45, 7) is 13.9. The van der Waals surface area contributed by atoms with E-state index in [4.69, 9.17) is 4.74 Å². The van der Waals surface area contributed by atoms with Crippen LogP contribution in [-0.2, 0) is 4.74 Å². The fourth-order valence-corrected chi connectivity index (χ4v) is 2.94. The number of amides is 1. The van der Waals surface area contributed by atoms with Gasteiger partial charge in [0.05, 0.1) is 0 Å². The molecule has 0 aromatic heterocycles. The van der Waals surface area contributed by atoms with Crippen molar-refractivity contribution in [3.8, 4) is 0 Å². The Morgan fingerprint density at radius 2 is 2.00 bits per heavy atom. The van der Waals surface area contributed by atoms with Gasteiger partial charge in [-0.2, -0.15) is 0 Å². The Morgan fingerprint density at radius 3 is 2.61 bits per heavy atom. The summed E-state index contributed by atoms with van der Waals surface area (Å²) in [5.74, 6) is 0. The quantitative estimate of drug-likeness (QED) is 0.757. The lowest BCUT2D eigenvalue weighted by Crippen LogP contribution is -2.45. The molecule has 0 saturated carbocycles. The van der Waals surface area contributed by atoms with Crippen LogP contribution in [0.15, 0.2) is 11.6 Å². The molecule has 1 rings (SSSR count). The summed E-state index contributed by atoms with van der Waals surface area (Å²) in [6, 6.07) is 0.667. The van der Waals surface area contributed by atoms with Gasteiger partial charge in [-0.3, -0.25) is 0 Å². The van der Waals surface area contributed by atoms with E-state index in [0.29, 0.717) is 6.04 Å². The van der Waals surface area contributed by atoms with Crippen molar-refractivity contribution < 1.29 is 9.53 Å². The summed E-state index contributed by atoms with van der Waals surface area (Å²) < 4.78 is 5.61. The summed E-state index contributed by atoms with van der Waals surface area (Å²) in [5.41, 5.74) is 0.899. The number of rotatable bonds is 5. The molecule has 0 spiro atoms. The SMILES string of the molecule is CC(C)=CCNC(C)CC1CCCCCN1C(=O)OC(C)(C)C. The molecule has 0 aromatic carbocycles. The smallest absolute Gasteiger partial charge is 0.410 e. The first-order valence-electron chi connectivity index (χ1n) is 9.05. The van der Waals surface area contributed by atoms with Crippen LogP contribution in [0.3, 0.4) is 0 Å². The van der Waals surface area contributed by atoms with E-state index in [-0.39, 0.29) is 12.1 Å². The molecule has 0 bridgehead atoms. The lowest BCUT2D eigenvalue weighted by molar-refractivity contribution is 0.0151. The van der Waals surface area contributed by atoms with Gasteiger partial charge in [0.25, 0.3) is 0 Å². The third kappa shape index (κ3) is 8.40. The van der Waals surface area contributed by atoms with Crippen LogP contribution in [0.25, 0.3) is 0 Å². The molecule has 1 heterocycles. The largest absolute Gasteiger partial charge is 0.444 e. The Labute approximate surface area is 142 Å². The maximum absolute atomic E-state index is 12.5. The van der Waals surface area contributed by atoms with Crippen molar-refractivity contribution >= 4 is 6.09 Å². The number of likely N-dealkylation sites (tertiary alicyclic amines) is 1. The van der Waals surface area contributed by atoms with E-state index in [1.165, 1.54) is 18.4 Å². The zero-order valence-corrected chi connectivity index (χ0v) is 15.9. The summed E-state index contributed by atoms with van der Waals surface area (Å²) in [7, 11) is 0. The maximum atomic E-state index is 12.5. The number of hydrogen-bond acceptors (Lipinski definition) is 3. The Hall–Kier alpha value is -1.03. The molecule has 134 valence electrons. The average molecular weight is 325 g/mol. The minimum absolute atomic E-state index is 0.152. The normalized spacial score (nSPS) is 20.6. The number of nitrogens with zero attached hydrogens (tertiary/aromatic N) is 1. The van der Waals surface area contributed by atoms with Gasteiger partial charge in [-0.15, -0.1) is 0 Å². The Kier molecular flexibility index (Phi) is 8.10. The predicted octanol–water partition coefficient (Wildman–Crippen LogP) is 4.50. The van der Waals surface area contributed by atoms with E-state index in [0.717, 1.165) is 32.4 Å². The second kappa shape index (κ2) is 9.31. The fourth-order valence-electron chi connectivity index (χ4n) is 2.94. The van der Waals surface area contributed by atoms with E-state index >= 15 is 0 Å². The summed E-state index contributed by atoms with van der Waals surface area (Å²) >= 11 is 0. The van der Waals surface area contributed by atoms with E-state index in [2.05, 4.69) is 32.2 Å². The highest BCUT2D eigenvalue weighted by Gasteiger charge is 2.30. The number of hydrogen-bond donors (Lipinski definition) is 1. The third-order valence-electron chi connectivity index (χ3n) is 4.11. The minimum atomic E-state index is -0.429. The third-order valence-corrected chi connectivity index (χ3v) is 4.11. The number of allylic oxidation sites excluding steroid dienone is 1. The fraction of sp³-hybridized carbons (Fsp3) is 0.842. The molecular weight excluding hydrogens is 288 g/mol. The monoisotopic (exact) mass is 324 g/mol. The standard InChI is InChI=1S/C19H36N2O2/c1-15(2)11-12-20-16(3)14-17-10-8-7-9-13-21(17)18(22)23-19(4,5)6/h11,16-17,20H,7-10,12-14H2,1-6H3. The summed E-state index contributed by atoms with van der Waals surface area (Å²) in [4.78, 5) is 14.5. The van der Waals surface area contributed by atoms with Gasteiger partial charge in [-0.25, -0.2) is 4.79 Å². The van der Waals surface area contributed by atoms with E-state index in [9.17, 15) is 4.79 Å². The van der Waals surface area contributed by atoms with Gasteiger partial charge in [0.15, 0.2) is 0 Å². The molecule has 1 N–H and O–H groups in total. The summed E-state index contributed by atoms with van der Waals surface area (Å²) in [6.07, 6.45) is 7.59. The van der Waals surface area contributed by atoms with Gasteiger partial charge >= 0.3 is 6.09 Å². The number of carbonyl (C=O) groups is 1. The van der Waals surface area contributed by atoms with Crippen LogP contribution in [0.4, 0.5) is 4.79 Å². The zero-order valence-electron chi connectivity index (χ0n) is 15.9. The van der Waals surface area contributed by atoms with Gasteiger partial charge in [0.2, 0.25) is 0 Å². The molecule has 0 aromatic rings. The Bertz CT molecular complexity index is 395. The van der Waals surface area contributed by atoms with Gasteiger partial charge in [0.1, 0.15) is 5.60 Å². The molecule has 0 aliphatic carbocycles. The van der Waals surface area contributed by atoms with Crippen molar-refractivity contribution in [2.45, 2.75) is 91.3 Å². The highest BCUT2D eigenvalue weighted by molar-refractivity contribution is 5.68. The van der Waals surface area contributed by atoms with E-state index in [1.807, 2.05) is 25.7 Å². The van der Waals surface area contributed by atoms with Crippen molar-refractivity contribution in [3.05, 3.63) is 11.6 Å². The molecule has 2 unspecified atom stereocenters. The average Bonchev–Trinajstić information content (AvgIpc) is 2.61. The van der Waals surface area contributed by atoms with Crippen LogP contribution in [0.1, 0.15) is 73.6 Å². The number of ether oxygens (including phenoxy) is 1. The van der Waals surface area contributed by atoms with Crippen molar-refractivity contribution in [3.63, 3.8) is 0 Å². The molecule has 4 heteroatoms. The highest BCUT2D eigenvalue weighted by atomic mass is 16.6. The molecule has 23 heavy (non-hydrogen) atoms. The molecule has 1 fully saturated rings. The van der Waals surface area contributed by atoms with Gasteiger partial charge in [-0.05, 0) is 60.8 Å². The van der Waals surface area contributed by atoms with Gasteiger partial charge < -0.3 is 15.0 Å². The highest BCUT2D eigenvalue weighted by Crippen LogP contribution is 2.23. The van der Waals surface area contributed by atoms with Crippen molar-refractivity contribution in [2.24, 2.45) is 0 Å². The number of carbonyl (C=O) groups excluding carboxylic acids is 1. The van der Waals surface area contributed by atoms with Crippen molar-refractivity contribution in [1.82, 2.24) is 10.2 Å². The molecule has 1 aliphatic rings. The molecular formula is C19H36N2O2. The maximum Gasteiger partial charge on any atom is 0.410 e. The minimum Gasteiger partial charge on any atom is -0.444 e. The van der Waals surface area contributed by atoms with Crippen molar-refractivity contribution in [1.29, 1.82) is 0 Å². The van der Waals surface area contributed by atoms with Gasteiger partial charge in [0, 0.05) is 25.2 Å². The van der Waals surface area contributed by atoms with E-state index < -0.39 is 5.60 Å². The molecule has 2 atom stereocenters. The van der Waals surface area contributed by atoms with E-state index in [1.54, 1.807) is 0 Å². The topological polar surface area (TPSA) is 41.6 Å². The van der Waals surface area contributed by atoms with Crippen LogP contribution >= 0.6 is 0 Å². The first-order chi connectivity index (χ1) is 10.7. The molecule has 1 amide bonds. The summed E-state index contributed by atoms with van der Waals surface area (Å²) in [5, 5.41) is 3.53. The molecule has 1 aliphatic heterocycles. The van der Waals surface area contributed by atoms with Crippen molar-refractivity contribution in [2.75, 3.05) is 13.1 Å². The van der Waals surface area contributed by atoms with Crippen LogP contribution in [0.2, 0.25) is 0 Å². The molecule has 4 nitrogen and oxygen atoms in total. The molecule has 1 saturated heterocycles. The predicted molar refractivity (Wildman–Crippen MR) is 96.7 cm³/mol. The second-order valence-corrected chi connectivity index (χ2v) is 8.00. The number of nitrogens with one attached hydrogen (secondary N) is 1. The van der Waals surface area contributed by atoms with Crippen LogP contribution in [0.5, 0.6) is 0 Å². The first kappa shape index (κ1) is 20.0. The Balaban J connectivity index is 2.63. The lowest BCUT2D eigenvalue weighted by Gasteiger charge is -2.33. The van der Waals surface area contributed by atoms with Crippen LogP contribution < -0.4 is 5.32 Å². The Morgan fingerprint density at radius 1 is 1.30 bits per heavy atom. The first-order valence-corrected chi connectivity index (χ1v) is 9.05. The molecule has 0 radical (unpaired) electrons. The van der Waals surface area contributed by atoms with Crippen LogP contribution in [-0.4, -0.2) is 41.8 Å². The second-order valence-electron chi connectivity index (χ2n) is 8.00. The van der Waals surface area contributed by atoms with Crippen LogP contribution in [0, 0.1) is 0 Å².